The standard InChI is InChI=1S/C15H22ClNO2/c1-10-8-11(18-2)12(13(16)14(10)19-3)15(9-17)6-4-5-7-15/h8H,4-7,9,17H2,1-3H3. The second-order valence-electron chi connectivity index (χ2n) is 5.31. The molecule has 106 valence electrons. The van der Waals surface area contributed by atoms with E-state index in [1.165, 1.54) is 12.8 Å². The highest BCUT2D eigenvalue weighted by atomic mass is 35.5. The van der Waals surface area contributed by atoms with E-state index in [4.69, 9.17) is 26.8 Å². The maximum atomic E-state index is 6.59. The van der Waals surface area contributed by atoms with Crippen LogP contribution in [0.4, 0.5) is 0 Å². The molecule has 1 aliphatic carbocycles. The van der Waals surface area contributed by atoms with Crippen molar-refractivity contribution in [3.05, 3.63) is 22.2 Å². The summed E-state index contributed by atoms with van der Waals surface area (Å²) in [6, 6.07) is 2.00. The van der Waals surface area contributed by atoms with Crippen LogP contribution < -0.4 is 15.2 Å². The predicted molar refractivity (Wildman–Crippen MR) is 78.5 cm³/mol. The first-order valence-electron chi connectivity index (χ1n) is 6.71. The average molecular weight is 284 g/mol. The molecule has 1 aromatic carbocycles. The molecule has 0 aromatic heterocycles. The Labute approximate surface area is 120 Å². The van der Waals surface area contributed by atoms with Crippen molar-refractivity contribution in [1.29, 1.82) is 0 Å². The Kier molecular flexibility index (Phi) is 4.26. The molecule has 2 rings (SSSR count). The van der Waals surface area contributed by atoms with E-state index in [0.717, 1.165) is 35.5 Å². The van der Waals surface area contributed by atoms with Crippen LogP contribution in [0.25, 0.3) is 0 Å². The van der Waals surface area contributed by atoms with Gasteiger partial charge in [0, 0.05) is 17.5 Å². The molecule has 0 radical (unpaired) electrons. The van der Waals surface area contributed by atoms with Gasteiger partial charge in [0.2, 0.25) is 0 Å². The van der Waals surface area contributed by atoms with Crippen LogP contribution >= 0.6 is 11.6 Å². The van der Waals surface area contributed by atoms with E-state index in [1.807, 2.05) is 13.0 Å². The number of benzene rings is 1. The van der Waals surface area contributed by atoms with E-state index < -0.39 is 0 Å². The maximum Gasteiger partial charge on any atom is 0.140 e. The highest BCUT2D eigenvalue weighted by Crippen LogP contribution is 2.50. The fraction of sp³-hybridized carbons (Fsp3) is 0.600. The number of aryl methyl sites for hydroxylation is 1. The van der Waals surface area contributed by atoms with Gasteiger partial charge in [0.05, 0.1) is 19.2 Å². The smallest absolute Gasteiger partial charge is 0.140 e. The zero-order valence-electron chi connectivity index (χ0n) is 11.9. The third-order valence-corrected chi connectivity index (χ3v) is 4.64. The van der Waals surface area contributed by atoms with Gasteiger partial charge in [-0.25, -0.2) is 0 Å². The minimum Gasteiger partial charge on any atom is -0.496 e. The Morgan fingerprint density at radius 1 is 1.26 bits per heavy atom. The van der Waals surface area contributed by atoms with Gasteiger partial charge in [0.1, 0.15) is 11.5 Å². The lowest BCUT2D eigenvalue weighted by atomic mass is 9.78. The van der Waals surface area contributed by atoms with Gasteiger partial charge in [-0.15, -0.1) is 0 Å². The van der Waals surface area contributed by atoms with Crippen molar-refractivity contribution in [2.45, 2.75) is 38.0 Å². The molecule has 0 amide bonds. The lowest BCUT2D eigenvalue weighted by Crippen LogP contribution is -2.33. The molecule has 0 spiro atoms. The number of halogens is 1. The maximum absolute atomic E-state index is 6.59. The topological polar surface area (TPSA) is 44.5 Å². The second kappa shape index (κ2) is 5.59. The molecule has 1 fully saturated rings. The van der Waals surface area contributed by atoms with Crippen molar-refractivity contribution in [3.63, 3.8) is 0 Å². The van der Waals surface area contributed by atoms with Crippen molar-refractivity contribution in [2.24, 2.45) is 5.73 Å². The van der Waals surface area contributed by atoms with Gasteiger partial charge in [-0.2, -0.15) is 0 Å². The molecular formula is C15H22ClNO2. The van der Waals surface area contributed by atoms with Crippen LogP contribution in [0, 0.1) is 6.92 Å². The molecule has 2 N–H and O–H groups in total. The van der Waals surface area contributed by atoms with Crippen LogP contribution in [0.15, 0.2) is 6.07 Å². The summed E-state index contributed by atoms with van der Waals surface area (Å²) >= 11 is 6.59. The number of hydrogen-bond donors (Lipinski definition) is 1. The van der Waals surface area contributed by atoms with Crippen molar-refractivity contribution >= 4 is 11.6 Å². The molecule has 0 saturated heterocycles. The molecule has 0 heterocycles. The number of rotatable bonds is 4. The normalized spacial score (nSPS) is 17.5. The molecule has 19 heavy (non-hydrogen) atoms. The van der Waals surface area contributed by atoms with Gasteiger partial charge in [-0.1, -0.05) is 24.4 Å². The van der Waals surface area contributed by atoms with Gasteiger partial charge in [-0.05, 0) is 31.4 Å². The Morgan fingerprint density at radius 3 is 2.37 bits per heavy atom. The van der Waals surface area contributed by atoms with Crippen LogP contribution in [-0.2, 0) is 5.41 Å². The summed E-state index contributed by atoms with van der Waals surface area (Å²) < 4.78 is 11.0. The van der Waals surface area contributed by atoms with E-state index in [0.29, 0.717) is 11.6 Å². The number of ether oxygens (including phenoxy) is 2. The number of nitrogens with two attached hydrogens (primary N) is 1. The second-order valence-corrected chi connectivity index (χ2v) is 5.69. The summed E-state index contributed by atoms with van der Waals surface area (Å²) in [5.41, 5.74) is 8.01. The van der Waals surface area contributed by atoms with E-state index >= 15 is 0 Å². The Balaban J connectivity index is 2.66. The van der Waals surface area contributed by atoms with Gasteiger partial charge >= 0.3 is 0 Å². The first kappa shape index (κ1) is 14.5. The SMILES string of the molecule is COc1cc(C)c(OC)c(Cl)c1C1(CN)CCCC1. The first-order valence-corrected chi connectivity index (χ1v) is 7.09. The lowest BCUT2D eigenvalue weighted by molar-refractivity contribution is 0.369. The first-order chi connectivity index (χ1) is 9.09. The van der Waals surface area contributed by atoms with Gasteiger partial charge in [0.15, 0.2) is 0 Å². The van der Waals surface area contributed by atoms with Crippen LogP contribution in [0.5, 0.6) is 11.5 Å². The van der Waals surface area contributed by atoms with Gasteiger partial charge in [0.25, 0.3) is 0 Å². The summed E-state index contributed by atoms with van der Waals surface area (Å²) in [4.78, 5) is 0. The lowest BCUT2D eigenvalue weighted by Gasteiger charge is -2.31. The average Bonchev–Trinajstić information content (AvgIpc) is 2.88. The van der Waals surface area contributed by atoms with E-state index in [9.17, 15) is 0 Å². The highest BCUT2D eigenvalue weighted by Gasteiger charge is 2.39. The zero-order valence-corrected chi connectivity index (χ0v) is 12.6. The molecule has 0 bridgehead atoms. The van der Waals surface area contributed by atoms with E-state index in [-0.39, 0.29) is 5.41 Å². The predicted octanol–water partition coefficient (Wildman–Crippen LogP) is 3.44. The molecule has 0 atom stereocenters. The summed E-state index contributed by atoms with van der Waals surface area (Å²) in [5, 5.41) is 0.659. The molecule has 1 aliphatic rings. The number of hydrogen-bond acceptors (Lipinski definition) is 3. The fourth-order valence-corrected chi connectivity index (χ4v) is 3.76. The summed E-state index contributed by atoms with van der Waals surface area (Å²) in [7, 11) is 3.33. The summed E-state index contributed by atoms with van der Waals surface area (Å²) in [5.74, 6) is 1.56. The van der Waals surface area contributed by atoms with Crippen molar-refractivity contribution in [1.82, 2.24) is 0 Å². The zero-order chi connectivity index (χ0) is 14.0. The third-order valence-electron chi connectivity index (χ3n) is 4.28. The molecule has 3 nitrogen and oxygen atoms in total. The van der Waals surface area contributed by atoms with Crippen LogP contribution in [0.3, 0.4) is 0 Å². The minimum absolute atomic E-state index is 0.0661. The van der Waals surface area contributed by atoms with Gasteiger partial charge in [-0.3, -0.25) is 0 Å². The largest absolute Gasteiger partial charge is 0.496 e. The molecule has 4 heteroatoms. The molecule has 0 aliphatic heterocycles. The summed E-state index contributed by atoms with van der Waals surface area (Å²) in [6.45, 7) is 2.57. The molecule has 1 aromatic rings. The Bertz CT molecular complexity index is 468. The van der Waals surface area contributed by atoms with Crippen LogP contribution in [0.2, 0.25) is 5.02 Å². The third kappa shape index (κ3) is 2.30. The Hall–Kier alpha value is -0.930. The molecule has 1 saturated carbocycles. The van der Waals surface area contributed by atoms with Crippen LogP contribution in [-0.4, -0.2) is 20.8 Å². The number of methoxy groups -OCH3 is 2. The monoisotopic (exact) mass is 283 g/mol. The van der Waals surface area contributed by atoms with Crippen molar-refractivity contribution < 1.29 is 9.47 Å². The summed E-state index contributed by atoms with van der Waals surface area (Å²) in [6.07, 6.45) is 4.50. The highest BCUT2D eigenvalue weighted by molar-refractivity contribution is 6.33. The van der Waals surface area contributed by atoms with Gasteiger partial charge < -0.3 is 15.2 Å². The van der Waals surface area contributed by atoms with Crippen molar-refractivity contribution in [3.8, 4) is 11.5 Å². The van der Waals surface area contributed by atoms with E-state index in [2.05, 4.69) is 0 Å². The van der Waals surface area contributed by atoms with Crippen LogP contribution in [0.1, 0.15) is 36.8 Å². The fourth-order valence-electron chi connectivity index (χ4n) is 3.24. The Morgan fingerprint density at radius 2 is 1.89 bits per heavy atom. The van der Waals surface area contributed by atoms with Crippen molar-refractivity contribution in [2.75, 3.05) is 20.8 Å². The molecular weight excluding hydrogens is 262 g/mol. The van der Waals surface area contributed by atoms with E-state index in [1.54, 1.807) is 14.2 Å². The minimum atomic E-state index is -0.0661. The quantitative estimate of drug-likeness (QED) is 0.921. The molecule has 0 unspecified atom stereocenters.